The van der Waals surface area contributed by atoms with Gasteiger partial charge in [-0.05, 0) is 102 Å². The summed E-state index contributed by atoms with van der Waals surface area (Å²) < 4.78 is 16.7. The van der Waals surface area contributed by atoms with Crippen LogP contribution in [0.1, 0.15) is 68.7 Å². The summed E-state index contributed by atoms with van der Waals surface area (Å²) in [6, 6.07) is 29.8. The maximum Gasteiger partial charge on any atom is 0.268 e. The van der Waals surface area contributed by atoms with E-state index in [0.717, 1.165) is 45.5 Å². The molecule has 6 heterocycles. The lowest BCUT2D eigenvalue weighted by Crippen LogP contribution is -2.27. The summed E-state index contributed by atoms with van der Waals surface area (Å²) in [6.07, 6.45) is 7.52. The monoisotopic (exact) mass is 948 g/mol. The predicted molar refractivity (Wildman–Crippen MR) is 274 cm³/mol. The SMILES string of the molecule is COCC(CO)CNCc1ccc(-c2cc(-c3nc(-c4ccnc(C(C)(C)C#N)c4)cnc3C)on2)cc1.Cc1ncc(-c2ccnc(C(C)(C)C#N)c2)nc1-c1nnc(-c2cccc(CCN)c2)o1.[HH].[HH].[HH].[HH].[HH]. The van der Waals surface area contributed by atoms with Gasteiger partial charge in [-0.1, -0.05) is 41.6 Å². The highest BCUT2D eigenvalue weighted by atomic mass is 16.5. The molecule has 6 aromatic heterocycles. The largest absolute Gasteiger partial charge is 0.415 e. The number of aryl methyl sites for hydroxylation is 2. The van der Waals surface area contributed by atoms with Gasteiger partial charge in [-0.3, -0.25) is 19.9 Å². The van der Waals surface area contributed by atoms with Crippen LogP contribution >= 0.6 is 0 Å². The first-order chi connectivity index (χ1) is 33.7. The first-order valence-electron chi connectivity index (χ1n) is 22.7. The molecule has 1 unspecified atom stereocenters. The lowest BCUT2D eigenvalue weighted by atomic mass is 9.90. The third kappa shape index (κ3) is 12.0. The smallest absolute Gasteiger partial charge is 0.268 e. The van der Waals surface area contributed by atoms with Crippen LogP contribution in [0.2, 0.25) is 0 Å². The molecule has 8 rings (SSSR count). The molecule has 0 aliphatic carbocycles. The number of ether oxygens (including phenoxy) is 1. The van der Waals surface area contributed by atoms with Crippen LogP contribution in [0.4, 0.5) is 0 Å². The number of nitrogens with zero attached hydrogens (tertiary/aromatic N) is 11. The Morgan fingerprint density at radius 2 is 1.34 bits per heavy atom. The van der Waals surface area contributed by atoms with Crippen LogP contribution in [0.3, 0.4) is 0 Å². The second-order valence-electron chi connectivity index (χ2n) is 17.8. The minimum absolute atomic E-state index is 0. The summed E-state index contributed by atoms with van der Waals surface area (Å²) >= 11 is 0. The molecule has 17 heteroatoms. The van der Waals surface area contributed by atoms with Gasteiger partial charge in [-0.2, -0.15) is 10.5 Å². The van der Waals surface area contributed by atoms with Gasteiger partial charge in [0.2, 0.25) is 5.89 Å². The van der Waals surface area contributed by atoms with Crippen molar-refractivity contribution in [3.05, 3.63) is 138 Å². The number of hydrogen-bond donors (Lipinski definition) is 3. The van der Waals surface area contributed by atoms with Crippen LogP contribution in [-0.4, -0.2) is 83.8 Å². The maximum atomic E-state index is 9.48. The average Bonchev–Trinajstić information content (AvgIpc) is 4.09. The zero-order valence-electron chi connectivity index (χ0n) is 40.3. The van der Waals surface area contributed by atoms with E-state index in [-0.39, 0.29) is 19.7 Å². The van der Waals surface area contributed by atoms with E-state index in [1.165, 1.54) is 0 Å². The lowest BCUT2D eigenvalue weighted by molar-refractivity contribution is 0.109. The van der Waals surface area contributed by atoms with E-state index in [1.807, 2.05) is 120 Å². The first-order valence-corrected chi connectivity index (χ1v) is 22.7. The number of benzene rings is 2. The Balaban J connectivity index is 0.000000487. The molecule has 0 radical (unpaired) electrons. The zero-order valence-corrected chi connectivity index (χ0v) is 40.3. The summed E-state index contributed by atoms with van der Waals surface area (Å²) in [5, 5.41) is 44.3. The lowest BCUT2D eigenvalue weighted by Gasteiger charge is -2.15. The summed E-state index contributed by atoms with van der Waals surface area (Å²) in [5.41, 5.74) is 15.7. The van der Waals surface area contributed by atoms with E-state index >= 15 is 0 Å². The highest BCUT2D eigenvalue weighted by molar-refractivity contribution is 5.69. The second kappa shape index (κ2) is 22.5. The van der Waals surface area contributed by atoms with Crippen molar-refractivity contribution in [2.75, 3.05) is 33.4 Å². The molecule has 2 aromatic carbocycles. The summed E-state index contributed by atoms with van der Waals surface area (Å²) in [5.74, 6) is 1.30. The average molecular weight is 948 g/mol. The standard InChI is InChI=1S/C29H32N6O3.C24H23N7O.5H2/c1-19-28(34-25(15-33-19)23-9-10-32-27(11-23)29(2,3)18-30)26-12-24(35-38-26)22-7-5-20(6-8-22)13-31-14-21(16-36)17-37-4;1-15-21(23-31-30-22(32-23)18-6-4-5-16(11-18)7-9-25)29-19(13-28-15)17-8-10-27-20(12-17)24(2,3)14-26;;;;;/h5-12,15,21,31,36H,13-14,16-17H2,1-4H3;4-6,8,10-13H,7,9,25H2,1-3H3;5*1H. The van der Waals surface area contributed by atoms with Crippen LogP contribution in [0.15, 0.2) is 113 Å². The number of methoxy groups -OCH3 is 1. The van der Waals surface area contributed by atoms with Crippen LogP contribution < -0.4 is 11.1 Å². The molecule has 0 aliphatic heterocycles. The van der Waals surface area contributed by atoms with Gasteiger partial charge in [0, 0.05) is 80.6 Å². The molecule has 0 amide bonds. The number of hydrogen-bond acceptors (Lipinski definition) is 17. The molecular formula is C53H65N13O4. The molecule has 0 fully saturated rings. The number of aliphatic hydroxyl groups excluding tert-OH is 1. The van der Waals surface area contributed by atoms with Crippen LogP contribution in [0, 0.1) is 42.4 Å². The molecule has 0 spiro atoms. The number of pyridine rings is 2. The molecule has 8 aromatic rings. The normalized spacial score (nSPS) is 11.9. The molecule has 4 N–H and O–H groups in total. The second-order valence-corrected chi connectivity index (χ2v) is 17.8. The highest BCUT2D eigenvalue weighted by Gasteiger charge is 2.24. The molecule has 70 heavy (non-hydrogen) atoms. The van der Waals surface area contributed by atoms with Crippen molar-refractivity contribution in [3.63, 3.8) is 0 Å². The minimum atomic E-state index is -0.714. The molecule has 0 saturated heterocycles. The number of aliphatic hydroxyl groups is 1. The van der Waals surface area contributed by atoms with E-state index in [2.05, 4.69) is 52.7 Å². The van der Waals surface area contributed by atoms with Gasteiger partial charge in [0.1, 0.15) is 17.1 Å². The quantitative estimate of drug-likeness (QED) is 0.0767. The Labute approximate surface area is 414 Å². The summed E-state index contributed by atoms with van der Waals surface area (Å²) in [7, 11) is 1.64. The Bertz CT molecular complexity index is 3160. The van der Waals surface area contributed by atoms with Gasteiger partial charge < -0.3 is 29.8 Å². The Morgan fingerprint density at radius 3 is 1.94 bits per heavy atom. The third-order valence-corrected chi connectivity index (χ3v) is 11.5. The van der Waals surface area contributed by atoms with E-state index in [4.69, 9.17) is 29.4 Å². The van der Waals surface area contributed by atoms with Gasteiger partial charge in [0.25, 0.3) is 5.89 Å². The van der Waals surface area contributed by atoms with Crippen molar-refractivity contribution >= 4 is 0 Å². The fraction of sp³-hybridized carbons (Fsp3) is 0.302. The van der Waals surface area contributed by atoms with E-state index in [0.29, 0.717) is 89.3 Å². The van der Waals surface area contributed by atoms with Crippen molar-refractivity contribution < 1.29 is 25.9 Å². The Hall–Kier alpha value is -7.93. The fourth-order valence-electron chi connectivity index (χ4n) is 7.20. The Morgan fingerprint density at radius 1 is 0.729 bits per heavy atom. The first kappa shape index (κ1) is 50.0. The van der Waals surface area contributed by atoms with Gasteiger partial charge in [0.05, 0.1) is 76.1 Å². The van der Waals surface area contributed by atoms with Crippen molar-refractivity contribution in [3.8, 4) is 80.4 Å². The fourth-order valence-corrected chi connectivity index (χ4v) is 7.20. The highest BCUT2D eigenvalue weighted by Crippen LogP contribution is 2.32. The molecule has 1 atom stereocenters. The van der Waals surface area contributed by atoms with Crippen molar-refractivity contribution in [2.45, 2.75) is 65.3 Å². The number of rotatable bonds is 17. The van der Waals surface area contributed by atoms with Crippen molar-refractivity contribution in [1.29, 1.82) is 10.5 Å². The van der Waals surface area contributed by atoms with Gasteiger partial charge in [-0.25, -0.2) is 9.97 Å². The number of aromatic nitrogens is 9. The molecule has 17 nitrogen and oxygen atoms in total. The van der Waals surface area contributed by atoms with Crippen LogP contribution in [0.5, 0.6) is 0 Å². The predicted octanol–water partition coefficient (Wildman–Crippen LogP) is 9.41. The number of nitrogens with two attached hydrogens (primary N) is 1. The minimum Gasteiger partial charge on any atom is -0.415 e. The third-order valence-electron chi connectivity index (χ3n) is 11.5. The summed E-state index contributed by atoms with van der Waals surface area (Å²) in [6.45, 7) is 13.6. The molecule has 0 bridgehead atoms. The maximum absolute atomic E-state index is 9.48. The molecule has 366 valence electrons. The molecule has 0 aliphatic rings. The zero-order chi connectivity index (χ0) is 49.8. The van der Waals surface area contributed by atoms with E-state index in [9.17, 15) is 15.6 Å². The van der Waals surface area contributed by atoms with Gasteiger partial charge in [-0.15, -0.1) is 10.2 Å². The molecular weight excluding hydrogens is 883 g/mol. The van der Waals surface area contributed by atoms with Crippen molar-refractivity contribution in [2.24, 2.45) is 11.7 Å². The van der Waals surface area contributed by atoms with Crippen molar-refractivity contribution in [1.82, 2.24) is 50.6 Å². The topological polar surface area (TPSA) is 257 Å². The van der Waals surface area contributed by atoms with Crippen LogP contribution in [0.25, 0.3) is 68.3 Å². The van der Waals surface area contributed by atoms with E-state index in [1.54, 1.807) is 31.9 Å². The summed E-state index contributed by atoms with van der Waals surface area (Å²) in [4.78, 5) is 27.3. The van der Waals surface area contributed by atoms with E-state index < -0.39 is 10.8 Å². The number of nitriles is 2. The van der Waals surface area contributed by atoms with Crippen LogP contribution in [-0.2, 0) is 28.5 Å². The molecule has 0 saturated carbocycles. The van der Waals surface area contributed by atoms with Gasteiger partial charge >= 0.3 is 0 Å². The number of nitrogens with one attached hydrogen (secondary N) is 1. The van der Waals surface area contributed by atoms with Gasteiger partial charge in [0.15, 0.2) is 5.76 Å². The Kier molecular flexibility index (Phi) is 16.0.